The molecule has 2 N–H and O–H groups in total. The van der Waals surface area contributed by atoms with Crippen molar-refractivity contribution in [1.29, 1.82) is 0 Å². The van der Waals surface area contributed by atoms with Gasteiger partial charge >= 0.3 is 0 Å². The van der Waals surface area contributed by atoms with Crippen molar-refractivity contribution < 1.29 is 8.42 Å². The summed E-state index contributed by atoms with van der Waals surface area (Å²) in [5.41, 5.74) is 1.01. The van der Waals surface area contributed by atoms with E-state index in [-0.39, 0.29) is 5.41 Å². The molecule has 1 rings (SSSR count). The Balaban J connectivity index is 2.74. The molecule has 0 radical (unpaired) electrons. The highest BCUT2D eigenvalue weighted by atomic mass is 32.2. The Hall–Kier alpha value is -0.910. The van der Waals surface area contributed by atoms with Gasteiger partial charge < -0.3 is 5.32 Å². The molecule has 0 bridgehead atoms. The third kappa shape index (κ3) is 5.41. The smallest absolute Gasteiger partial charge is 0.240 e. The first kappa shape index (κ1) is 18.1. The summed E-state index contributed by atoms with van der Waals surface area (Å²) >= 11 is 0. The van der Waals surface area contributed by atoms with E-state index in [0.717, 1.165) is 18.7 Å². The molecule has 0 unspecified atom stereocenters. The van der Waals surface area contributed by atoms with E-state index in [1.165, 1.54) is 0 Å². The Kier molecular flexibility index (Phi) is 6.38. The van der Waals surface area contributed by atoms with Crippen LogP contribution >= 0.6 is 0 Å². The zero-order valence-corrected chi connectivity index (χ0v) is 14.5. The number of hydrogen-bond acceptors (Lipinski definition) is 3. The minimum atomic E-state index is -3.43. The summed E-state index contributed by atoms with van der Waals surface area (Å²) in [5, 5.41) is 3.22. The van der Waals surface area contributed by atoms with Crippen LogP contribution in [0.1, 0.15) is 40.2 Å². The summed E-state index contributed by atoms with van der Waals surface area (Å²) in [6.45, 7) is 12.5. The minimum absolute atomic E-state index is 0.0714. The van der Waals surface area contributed by atoms with Gasteiger partial charge in [-0.2, -0.15) is 0 Å². The fourth-order valence-corrected chi connectivity index (χ4v) is 2.85. The zero-order valence-electron chi connectivity index (χ0n) is 13.7. The lowest BCUT2D eigenvalue weighted by atomic mass is 9.81. The molecule has 0 saturated carbocycles. The quantitative estimate of drug-likeness (QED) is 0.776. The SMILES string of the molecule is CCNCc1ccc(S(=O)(=O)NCC(C)(C)C(C)C)cc1. The van der Waals surface area contributed by atoms with Crippen molar-refractivity contribution in [3.63, 3.8) is 0 Å². The van der Waals surface area contributed by atoms with Crippen LogP contribution in [0, 0.1) is 11.3 Å². The molecule has 0 aliphatic carbocycles. The van der Waals surface area contributed by atoms with E-state index in [9.17, 15) is 8.42 Å². The molecule has 0 amide bonds. The lowest BCUT2D eigenvalue weighted by Gasteiger charge is -2.29. The molecule has 0 aliphatic rings. The van der Waals surface area contributed by atoms with Crippen molar-refractivity contribution in [2.75, 3.05) is 13.1 Å². The second-order valence-corrected chi connectivity index (χ2v) is 8.16. The van der Waals surface area contributed by atoms with Crippen LogP contribution in [-0.2, 0) is 16.6 Å². The van der Waals surface area contributed by atoms with Crippen molar-refractivity contribution in [2.24, 2.45) is 11.3 Å². The Bertz CT molecular complexity index is 534. The predicted molar refractivity (Wildman–Crippen MR) is 87.6 cm³/mol. The predicted octanol–water partition coefficient (Wildman–Crippen LogP) is 2.76. The Morgan fingerprint density at radius 2 is 1.71 bits per heavy atom. The van der Waals surface area contributed by atoms with Crippen molar-refractivity contribution in [2.45, 2.75) is 46.1 Å². The van der Waals surface area contributed by atoms with Crippen LogP contribution in [0.2, 0.25) is 0 Å². The molecule has 4 nitrogen and oxygen atoms in total. The Labute approximate surface area is 129 Å². The Morgan fingerprint density at radius 1 is 1.14 bits per heavy atom. The summed E-state index contributed by atoms with van der Waals surface area (Å²) in [6.07, 6.45) is 0. The first-order valence-corrected chi connectivity index (χ1v) is 8.96. The molecule has 1 aromatic carbocycles. The molecule has 0 heterocycles. The molecular formula is C16H28N2O2S. The van der Waals surface area contributed by atoms with Gasteiger partial charge in [0.1, 0.15) is 0 Å². The average molecular weight is 312 g/mol. The van der Waals surface area contributed by atoms with Crippen LogP contribution in [0.15, 0.2) is 29.2 Å². The molecule has 0 atom stereocenters. The van der Waals surface area contributed by atoms with Crippen LogP contribution < -0.4 is 10.0 Å². The summed E-state index contributed by atoms with van der Waals surface area (Å²) in [6, 6.07) is 7.03. The third-order valence-electron chi connectivity index (χ3n) is 4.09. The fraction of sp³-hybridized carbons (Fsp3) is 0.625. The van der Waals surface area contributed by atoms with Gasteiger partial charge in [-0.3, -0.25) is 0 Å². The molecule has 0 aliphatic heterocycles. The van der Waals surface area contributed by atoms with Gasteiger partial charge in [0.05, 0.1) is 4.90 Å². The highest BCUT2D eigenvalue weighted by molar-refractivity contribution is 7.89. The van der Waals surface area contributed by atoms with E-state index in [1.54, 1.807) is 12.1 Å². The van der Waals surface area contributed by atoms with Crippen molar-refractivity contribution in [3.05, 3.63) is 29.8 Å². The van der Waals surface area contributed by atoms with Gasteiger partial charge in [0, 0.05) is 13.1 Å². The standard InChI is InChI=1S/C16H28N2O2S/c1-6-17-11-14-7-9-15(10-8-14)21(19,20)18-12-16(4,5)13(2)3/h7-10,13,17-18H,6,11-12H2,1-5H3. The first-order valence-electron chi connectivity index (χ1n) is 7.48. The summed E-state index contributed by atoms with van der Waals surface area (Å²) in [7, 11) is -3.43. The molecule has 1 aromatic rings. The van der Waals surface area contributed by atoms with Gasteiger partial charge in [-0.25, -0.2) is 13.1 Å². The molecule has 0 fully saturated rings. The molecule has 120 valence electrons. The zero-order chi connectivity index (χ0) is 16.1. The molecule has 5 heteroatoms. The highest BCUT2D eigenvalue weighted by Crippen LogP contribution is 2.25. The number of benzene rings is 1. The maximum atomic E-state index is 12.3. The van der Waals surface area contributed by atoms with E-state index in [2.05, 4.69) is 37.7 Å². The van der Waals surface area contributed by atoms with Gasteiger partial charge in [0.25, 0.3) is 0 Å². The van der Waals surface area contributed by atoms with Gasteiger partial charge in [-0.1, -0.05) is 46.8 Å². The van der Waals surface area contributed by atoms with Crippen LogP contribution in [-0.4, -0.2) is 21.5 Å². The lowest BCUT2D eigenvalue weighted by Crippen LogP contribution is -2.36. The second-order valence-electron chi connectivity index (χ2n) is 6.39. The first-order chi connectivity index (χ1) is 9.69. The van der Waals surface area contributed by atoms with E-state index in [0.29, 0.717) is 17.4 Å². The van der Waals surface area contributed by atoms with Crippen LogP contribution in [0.3, 0.4) is 0 Å². The average Bonchev–Trinajstić information content (AvgIpc) is 2.43. The maximum Gasteiger partial charge on any atom is 0.240 e. The van der Waals surface area contributed by atoms with E-state index < -0.39 is 10.0 Å². The summed E-state index contributed by atoms with van der Waals surface area (Å²) < 4.78 is 27.3. The number of hydrogen-bond donors (Lipinski definition) is 2. The van der Waals surface area contributed by atoms with Gasteiger partial charge in [-0.05, 0) is 35.6 Å². The monoisotopic (exact) mass is 312 g/mol. The Morgan fingerprint density at radius 3 is 2.19 bits per heavy atom. The molecule has 0 spiro atoms. The molecular weight excluding hydrogens is 284 g/mol. The van der Waals surface area contributed by atoms with Crippen LogP contribution in [0.25, 0.3) is 0 Å². The van der Waals surface area contributed by atoms with Gasteiger partial charge in [0.2, 0.25) is 10.0 Å². The maximum absolute atomic E-state index is 12.3. The number of sulfonamides is 1. The van der Waals surface area contributed by atoms with Crippen molar-refractivity contribution in [3.8, 4) is 0 Å². The topological polar surface area (TPSA) is 58.2 Å². The lowest BCUT2D eigenvalue weighted by molar-refractivity contribution is 0.252. The van der Waals surface area contributed by atoms with Crippen LogP contribution in [0.5, 0.6) is 0 Å². The molecule has 0 saturated heterocycles. The van der Waals surface area contributed by atoms with Crippen molar-refractivity contribution in [1.82, 2.24) is 10.0 Å². The largest absolute Gasteiger partial charge is 0.313 e. The minimum Gasteiger partial charge on any atom is -0.313 e. The number of rotatable bonds is 8. The number of nitrogens with one attached hydrogen (secondary N) is 2. The van der Waals surface area contributed by atoms with Crippen molar-refractivity contribution >= 4 is 10.0 Å². The highest BCUT2D eigenvalue weighted by Gasteiger charge is 2.25. The third-order valence-corrected chi connectivity index (χ3v) is 5.51. The summed E-state index contributed by atoms with van der Waals surface area (Å²) in [5.74, 6) is 0.405. The summed E-state index contributed by atoms with van der Waals surface area (Å²) in [4.78, 5) is 0.322. The fourth-order valence-electron chi connectivity index (χ4n) is 1.62. The molecule has 0 aromatic heterocycles. The van der Waals surface area contributed by atoms with Gasteiger partial charge in [-0.15, -0.1) is 0 Å². The van der Waals surface area contributed by atoms with Gasteiger partial charge in [0.15, 0.2) is 0 Å². The molecule has 21 heavy (non-hydrogen) atoms. The van der Waals surface area contributed by atoms with E-state index >= 15 is 0 Å². The van der Waals surface area contributed by atoms with E-state index in [4.69, 9.17) is 0 Å². The second kappa shape index (κ2) is 7.38. The normalized spacial score (nSPS) is 12.9. The van der Waals surface area contributed by atoms with Crippen LogP contribution in [0.4, 0.5) is 0 Å². The van der Waals surface area contributed by atoms with E-state index in [1.807, 2.05) is 19.1 Å².